The van der Waals surface area contributed by atoms with E-state index in [1.54, 1.807) is 0 Å². The Morgan fingerprint density at radius 1 is 1.13 bits per heavy atom. The number of hydrogen-bond donors (Lipinski definition) is 2. The number of piperazine rings is 1. The van der Waals surface area contributed by atoms with Crippen LogP contribution in [-0.2, 0) is 6.18 Å². The molecule has 1 aliphatic heterocycles. The van der Waals surface area contributed by atoms with Crippen LogP contribution in [0.2, 0.25) is 0 Å². The summed E-state index contributed by atoms with van der Waals surface area (Å²) in [4.78, 5) is 6.40. The van der Waals surface area contributed by atoms with E-state index in [0.29, 0.717) is 35.1 Å². The van der Waals surface area contributed by atoms with E-state index in [2.05, 4.69) is 34.1 Å². The smallest absolute Gasteiger partial charge is 0.383 e. The Morgan fingerprint density at radius 2 is 1.81 bits per heavy atom. The molecule has 4 atom stereocenters. The van der Waals surface area contributed by atoms with Gasteiger partial charge in [-0.2, -0.15) is 18.3 Å². The van der Waals surface area contributed by atoms with E-state index < -0.39 is 17.6 Å². The first-order valence-electron chi connectivity index (χ1n) is 11.1. The van der Waals surface area contributed by atoms with Gasteiger partial charge in [-0.25, -0.2) is 4.98 Å². The molecule has 0 aromatic carbocycles. The van der Waals surface area contributed by atoms with Crippen molar-refractivity contribution in [1.82, 2.24) is 25.0 Å². The lowest BCUT2D eigenvalue weighted by Crippen LogP contribution is -2.48. The minimum absolute atomic E-state index is 0.137. The van der Waals surface area contributed by atoms with Crippen molar-refractivity contribution in [3.8, 4) is 11.3 Å². The first-order chi connectivity index (χ1) is 14.7. The third kappa shape index (κ3) is 3.71. The lowest BCUT2D eigenvalue weighted by Gasteiger charge is -2.34. The number of nitrogens with zero attached hydrogens (tertiary/aromatic N) is 4. The van der Waals surface area contributed by atoms with Gasteiger partial charge in [0, 0.05) is 61.6 Å². The SMILES string of the molecule is CC(C)n1nc(-c2cnc(N)c(C(F)(F)F)c2)cc1[C@H]1[C@@H]2C[C@H](N3CCNCC3)C[C@@H]21. The average Bonchev–Trinajstić information content (AvgIpc) is 3.09. The number of nitrogens with one attached hydrogen (secondary N) is 1. The van der Waals surface area contributed by atoms with Crippen molar-refractivity contribution >= 4 is 5.82 Å². The van der Waals surface area contributed by atoms with Crippen LogP contribution in [0.25, 0.3) is 11.3 Å². The summed E-state index contributed by atoms with van der Waals surface area (Å²) in [6.45, 7) is 8.49. The Labute approximate surface area is 180 Å². The fourth-order valence-electron chi connectivity index (χ4n) is 5.65. The number of nitrogen functional groups attached to an aromatic ring is 1. The summed E-state index contributed by atoms with van der Waals surface area (Å²) in [5.74, 6) is 1.25. The van der Waals surface area contributed by atoms with Crippen LogP contribution >= 0.6 is 0 Å². The lowest BCUT2D eigenvalue weighted by atomic mass is 10.0. The van der Waals surface area contributed by atoms with Gasteiger partial charge in [0.25, 0.3) is 0 Å². The van der Waals surface area contributed by atoms with Gasteiger partial charge < -0.3 is 11.1 Å². The largest absolute Gasteiger partial charge is 0.419 e. The summed E-state index contributed by atoms with van der Waals surface area (Å²) < 4.78 is 41.9. The van der Waals surface area contributed by atoms with Gasteiger partial charge in [-0.1, -0.05) is 0 Å². The van der Waals surface area contributed by atoms with Gasteiger partial charge in [-0.3, -0.25) is 9.58 Å². The minimum atomic E-state index is -4.54. The van der Waals surface area contributed by atoms with Crippen LogP contribution < -0.4 is 11.1 Å². The standard InChI is InChI=1S/C22H29F3N6/c1-12(2)31-19(20-15-8-14(9-16(15)20)30-5-3-27-4-6-30)10-18(29-31)13-7-17(22(23,24)25)21(26)28-11-13/h7,10-12,14-16,20,27H,3-6,8-9H2,1-2H3,(H2,26,28)/t14-,15+,16-,20-. The van der Waals surface area contributed by atoms with Crippen LogP contribution in [0.4, 0.5) is 19.0 Å². The molecular weight excluding hydrogens is 405 g/mol. The van der Waals surface area contributed by atoms with Crippen molar-refractivity contribution < 1.29 is 13.2 Å². The number of pyridine rings is 1. The highest BCUT2D eigenvalue weighted by molar-refractivity contribution is 5.63. The van der Waals surface area contributed by atoms with Crippen LogP contribution in [0.5, 0.6) is 0 Å². The van der Waals surface area contributed by atoms with Crippen LogP contribution in [0.15, 0.2) is 18.3 Å². The molecule has 0 amide bonds. The molecule has 0 unspecified atom stereocenters. The Morgan fingerprint density at radius 3 is 2.42 bits per heavy atom. The molecule has 3 fully saturated rings. The fourth-order valence-corrected chi connectivity index (χ4v) is 5.65. The molecule has 2 aromatic heterocycles. The number of aromatic nitrogens is 3. The van der Waals surface area contributed by atoms with Crippen LogP contribution in [-0.4, -0.2) is 51.9 Å². The van der Waals surface area contributed by atoms with Crippen LogP contribution in [0, 0.1) is 11.8 Å². The molecule has 0 radical (unpaired) electrons. The molecule has 3 aliphatic rings. The number of halogens is 3. The molecule has 5 rings (SSSR count). The van der Waals surface area contributed by atoms with E-state index in [-0.39, 0.29) is 6.04 Å². The van der Waals surface area contributed by atoms with E-state index in [0.717, 1.165) is 37.9 Å². The first kappa shape index (κ1) is 20.8. The van der Waals surface area contributed by atoms with Crippen molar-refractivity contribution in [2.45, 2.75) is 50.9 Å². The van der Waals surface area contributed by atoms with Gasteiger partial charge in [0.05, 0.1) is 11.3 Å². The predicted octanol–water partition coefficient (Wildman–Crippen LogP) is 3.52. The number of nitrogens with two attached hydrogens (primary N) is 1. The molecule has 3 heterocycles. The number of rotatable bonds is 4. The first-order valence-corrected chi connectivity index (χ1v) is 11.1. The number of alkyl halides is 3. The molecule has 2 saturated carbocycles. The van der Waals surface area contributed by atoms with Crippen molar-refractivity contribution in [3.63, 3.8) is 0 Å². The van der Waals surface area contributed by atoms with Crippen molar-refractivity contribution in [2.75, 3.05) is 31.9 Å². The van der Waals surface area contributed by atoms with Gasteiger partial charge in [0.1, 0.15) is 5.82 Å². The van der Waals surface area contributed by atoms with E-state index in [1.165, 1.54) is 19.0 Å². The summed E-state index contributed by atoms with van der Waals surface area (Å²) in [5.41, 5.74) is 6.59. The van der Waals surface area contributed by atoms with E-state index in [9.17, 15) is 13.2 Å². The molecule has 3 N–H and O–H groups in total. The topological polar surface area (TPSA) is 72.0 Å². The second-order valence-electron chi connectivity index (χ2n) is 9.41. The zero-order valence-corrected chi connectivity index (χ0v) is 17.9. The minimum Gasteiger partial charge on any atom is -0.383 e. The zero-order valence-electron chi connectivity index (χ0n) is 17.9. The maximum atomic E-state index is 13.3. The quantitative estimate of drug-likeness (QED) is 0.771. The predicted molar refractivity (Wildman–Crippen MR) is 112 cm³/mol. The normalized spacial score (nSPS) is 28.8. The third-order valence-corrected chi connectivity index (χ3v) is 7.20. The van der Waals surface area contributed by atoms with Gasteiger partial charge >= 0.3 is 6.18 Å². The highest BCUT2D eigenvalue weighted by Gasteiger charge is 2.58. The molecular formula is C22H29F3N6. The molecule has 2 aromatic rings. The van der Waals surface area contributed by atoms with Crippen LogP contribution in [0.1, 0.15) is 49.9 Å². The van der Waals surface area contributed by atoms with Crippen molar-refractivity contribution in [2.24, 2.45) is 11.8 Å². The summed E-state index contributed by atoms with van der Waals surface area (Å²) in [6, 6.07) is 3.83. The second-order valence-corrected chi connectivity index (χ2v) is 9.41. The Balaban J connectivity index is 1.39. The molecule has 1 saturated heterocycles. The summed E-state index contributed by atoms with van der Waals surface area (Å²) in [6.07, 6.45) is -0.746. The number of fused-ring (bicyclic) bond motifs is 1. The van der Waals surface area contributed by atoms with E-state index in [1.807, 2.05) is 10.7 Å². The van der Waals surface area contributed by atoms with E-state index >= 15 is 0 Å². The fraction of sp³-hybridized carbons (Fsp3) is 0.636. The monoisotopic (exact) mass is 434 g/mol. The number of hydrogen-bond acceptors (Lipinski definition) is 5. The van der Waals surface area contributed by atoms with Gasteiger partial charge in [-0.05, 0) is 50.7 Å². The highest BCUT2D eigenvalue weighted by Crippen LogP contribution is 2.64. The Hall–Kier alpha value is -2.13. The highest BCUT2D eigenvalue weighted by atomic mass is 19.4. The van der Waals surface area contributed by atoms with Gasteiger partial charge in [0.2, 0.25) is 0 Å². The zero-order chi connectivity index (χ0) is 21.9. The Bertz CT molecular complexity index is 951. The Kier molecular flexibility index (Phi) is 5.01. The molecule has 0 bridgehead atoms. The van der Waals surface area contributed by atoms with Crippen molar-refractivity contribution in [1.29, 1.82) is 0 Å². The maximum Gasteiger partial charge on any atom is 0.419 e. The molecule has 31 heavy (non-hydrogen) atoms. The van der Waals surface area contributed by atoms with E-state index in [4.69, 9.17) is 5.73 Å². The summed E-state index contributed by atoms with van der Waals surface area (Å²) >= 11 is 0. The molecule has 168 valence electrons. The maximum absolute atomic E-state index is 13.3. The average molecular weight is 435 g/mol. The second kappa shape index (κ2) is 7.48. The molecule has 2 aliphatic carbocycles. The van der Waals surface area contributed by atoms with Crippen LogP contribution in [0.3, 0.4) is 0 Å². The van der Waals surface area contributed by atoms with Gasteiger partial charge in [0.15, 0.2) is 0 Å². The van der Waals surface area contributed by atoms with Crippen molar-refractivity contribution in [3.05, 3.63) is 29.6 Å². The summed E-state index contributed by atoms with van der Waals surface area (Å²) in [7, 11) is 0. The molecule has 6 nitrogen and oxygen atoms in total. The summed E-state index contributed by atoms with van der Waals surface area (Å²) in [5, 5.41) is 8.09. The lowest BCUT2D eigenvalue weighted by molar-refractivity contribution is -0.137. The third-order valence-electron chi connectivity index (χ3n) is 7.20. The van der Waals surface area contributed by atoms with Gasteiger partial charge in [-0.15, -0.1) is 0 Å². The molecule has 9 heteroatoms. The number of anilines is 1. The molecule has 0 spiro atoms.